The van der Waals surface area contributed by atoms with Crippen molar-refractivity contribution in [2.45, 2.75) is 19.0 Å². The van der Waals surface area contributed by atoms with E-state index in [1.54, 1.807) is 0 Å². The summed E-state index contributed by atoms with van der Waals surface area (Å²) in [5, 5.41) is 0. The molecule has 0 saturated carbocycles. The van der Waals surface area contributed by atoms with Crippen molar-refractivity contribution in [1.29, 1.82) is 0 Å². The highest BCUT2D eigenvalue weighted by atomic mass is 16.1. The fourth-order valence-corrected chi connectivity index (χ4v) is 2.43. The molecular weight excluding hydrogens is 162 g/mol. The van der Waals surface area contributed by atoms with Gasteiger partial charge in [-0.1, -0.05) is 24.3 Å². The van der Waals surface area contributed by atoms with Gasteiger partial charge in [0.05, 0.1) is 6.04 Å². The lowest BCUT2D eigenvalue weighted by atomic mass is 10.0. The van der Waals surface area contributed by atoms with Crippen molar-refractivity contribution >= 4 is 5.78 Å². The molecule has 0 N–H and O–H groups in total. The van der Waals surface area contributed by atoms with E-state index in [0.717, 1.165) is 19.5 Å². The van der Waals surface area contributed by atoms with Crippen molar-refractivity contribution in [1.82, 2.24) is 4.90 Å². The zero-order valence-corrected chi connectivity index (χ0v) is 7.36. The van der Waals surface area contributed by atoms with Crippen molar-refractivity contribution in [2.75, 3.05) is 6.54 Å². The molecule has 0 spiro atoms. The van der Waals surface area contributed by atoms with Crippen LogP contribution < -0.4 is 0 Å². The molecule has 2 heterocycles. The number of ketones is 1. The molecule has 13 heavy (non-hydrogen) atoms. The van der Waals surface area contributed by atoms with Crippen LogP contribution in [0.3, 0.4) is 0 Å². The number of nitrogens with zero attached hydrogens (tertiary/aromatic N) is 1. The van der Waals surface area contributed by atoms with Gasteiger partial charge in [0, 0.05) is 19.5 Å². The summed E-state index contributed by atoms with van der Waals surface area (Å²) in [6, 6.07) is 8.38. The average Bonchev–Trinajstić information content (AvgIpc) is 2.66. The molecule has 1 atom stereocenters. The molecule has 66 valence electrons. The Kier molecular flexibility index (Phi) is 1.35. The smallest absolute Gasteiger partial charge is 0.155 e. The SMILES string of the molecule is O=C1CCN2Cc3ccccc3C12. The summed E-state index contributed by atoms with van der Waals surface area (Å²) in [7, 11) is 0. The second-order valence-electron chi connectivity index (χ2n) is 3.79. The highest BCUT2D eigenvalue weighted by molar-refractivity contribution is 5.88. The van der Waals surface area contributed by atoms with Gasteiger partial charge in [-0.25, -0.2) is 0 Å². The first-order valence-corrected chi connectivity index (χ1v) is 4.71. The molecule has 0 amide bonds. The van der Waals surface area contributed by atoms with Gasteiger partial charge in [-0.3, -0.25) is 9.69 Å². The second-order valence-corrected chi connectivity index (χ2v) is 3.79. The van der Waals surface area contributed by atoms with Gasteiger partial charge < -0.3 is 0 Å². The van der Waals surface area contributed by atoms with E-state index in [0.29, 0.717) is 5.78 Å². The molecule has 0 bridgehead atoms. The second kappa shape index (κ2) is 2.42. The van der Waals surface area contributed by atoms with Crippen LogP contribution in [0.2, 0.25) is 0 Å². The van der Waals surface area contributed by atoms with Crippen molar-refractivity contribution in [3.8, 4) is 0 Å². The fourth-order valence-electron chi connectivity index (χ4n) is 2.43. The number of fused-ring (bicyclic) bond motifs is 3. The first kappa shape index (κ1) is 7.27. The van der Waals surface area contributed by atoms with E-state index in [4.69, 9.17) is 0 Å². The van der Waals surface area contributed by atoms with Crippen LogP contribution in [0.1, 0.15) is 23.6 Å². The molecule has 2 heteroatoms. The van der Waals surface area contributed by atoms with Crippen molar-refractivity contribution < 1.29 is 4.79 Å². The van der Waals surface area contributed by atoms with Crippen LogP contribution in [-0.2, 0) is 11.3 Å². The Labute approximate surface area is 77.2 Å². The van der Waals surface area contributed by atoms with E-state index in [1.807, 2.05) is 12.1 Å². The van der Waals surface area contributed by atoms with Crippen LogP contribution in [-0.4, -0.2) is 17.2 Å². The molecule has 2 nitrogen and oxygen atoms in total. The molecule has 1 aromatic rings. The van der Waals surface area contributed by atoms with Gasteiger partial charge in [-0.15, -0.1) is 0 Å². The number of hydrogen-bond donors (Lipinski definition) is 0. The molecule has 2 aliphatic heterocycles. The van der Waals surface area contributed by atoms with Crippen LogP contribution in [0.4, 0.5) is 0 Å². The van der Waals surface area contributed by atoms with Crippen LogP contribution in [0, 0.1) is 0 Å². The molecule has 0 aliphatic carbocycles. The molecular formula is C11H11NO. The summed E-state index contributed by atoms with van der Waals surface area (Å²) < 4.78 is 0. The molecule has 0 aromatic heterocycles. The summed E-state index contributed by atoms with van der Waals surface area (Å²) in [6.07, 6.45) is 0.735. The van der Waals surface area contributed by atoms with Gasteiger partial charge in [0.15, 0.2) is 5.78 Å². The first-order chi connectivity index (χ1) is 6.36. The zero-order chi connectivity index (χ0) is 8.84. The third kappa shape index (κ3) is 0.893. The van der Waals surface area contributed by atoms with E-state index < -0.39 is 0 Å². The summed E-state index contributed by atoms with van der Waals surface area (Å²) in [5.41, 5.74) is 2.57. The summed E-state index contributed by atoms with van der Waals surface area (Å²) in [6.45, 7) is 1.91. The van der Waals surface area contributed by atoms with E-state index in [9.17, 15) is 4.79 Å². The summed E-state index contributed by atoms with van der Waals surface area (Å²) in [4.78, 5) is 13.8. The lowest BCUT2D eigenvalue weighted by molar-refractivity contribution is -0.119. The van der Waals surface area contributed by atoms with Gasteiger partial charge in [0.2, 0.25) is 0 Å². The summed E-state index contributed by atoms with van der Waals surface area (Å²) >= 11 is 0. The monoisotopic (exact) mass is 173 g/mol. The topological polar surface area (TPSA) is 20.3 Å². The predicted octanol–water partition coefficient (Wildman–Crippen LogP) is 1.52. The van der Waals surface area contributed by atoms with E-state index in [1.165, 1.54) is 11.1 Å². The largest absolute Gasteiger partial charge is 0.297 e. The Bertz CT molecular complexity index is 372. The fraction of sp³-hybridized carbons (Fsp3) is 0.364. The van der Waals surface area contributed by atoms with Gasteiger partial charge in [0.25, 0.3) is 0 Å². The minimum Gasteiger partial charge on any atom is -0.297 e. The number of Topliss-reactive ketones (excluding diaryl/α,β-unsaturated/α-hetero) is 1. The third-order valence-electron chi connectivity index (χ3n) is 3.04. The van der Waals surface area contributed by atoms with Gasteiger partial charge in [-0.2, -0.15) is 0 Å². The average molecular weight is 173 g/mol. The zero-order valence-electron chi connectivity index (χ0n) is 7.36. The molecule has 0 radical (unpaired) electrons. The van der Waals surface area contributed by atoms with E-state index in [-0.39, 0.29) is 6.04 Å². The highest BCUT2D eigenvalue weighted by Crippen LogP contribution is 2.38. The Balaban J connectivity index is 2.13. The minimum atomic E-state index is 0.0937. The molecule has 1 fully saturated rings. The molecule has 1 unspecified atom stereocenters. The van der Waals surface area contributed by atoms with Crippen molar-refractivity contribution in [3.05, 3.63) is 35.4 Å². The standard InChI is InChI=1S/C11H11NO/c13-10-5-6-12-7-8-3-1-2-4-9(8)11(10)12/h1-4,11H,5-7H2. The van der Waals surface area contributed by atoms with Crippen molar-refractivity contribution in [2.24, 2.45) is 0 Å². The lowest BCUT2D eigenvalue weighted by Crippen LogP contribution is -2.17. The molecule has 3 rings (SSSR count). The Morgan fingerprint density at radius 3 is 3.08 bits per heavy atom. The van der Waals surface area contributed by atoms with Gasteiger partial charge >= 0.3 is 0 Å². The van der Waals surface area contributed by atoms with Crippen LogP contribution in [0.5, 0.6) is 0 Å². The molecule has 1 saturated heterocycles. The third-order valence-corrected chi connectivity index (χ3v) is 3.04. The van der Waals surface area contributed by atoms with E-state index in [2.05, 4.69) is 17.0 Å². The van der Waals surface area contributed by atoms with E-state index >= 15 is 0 Å². The lowest BCUT2D eigenvalue weighted by Gasteiger charge is -2.12. The van der Waals surface area contributed by atoms with Crippen LogP contribution >= 0.6 is 0 Å². The first-order valence-electron chi connectivity index (χ1n) is 4.71. The quantitative estimate of drug-likeness (QED) is 0.592. The Hall–Kier alpha value is -1.15. The number of rotatable bonds is 0. The molecule has 2 aliphatic rings. The normalized spacial score (nSPS) is 26.2. The highest BCUT2D eigenvalue weighted by Gasteiger charge is 2.39. The van der Waals surface area contributed by atoms with Crippen molar-refractivity contribution in [3.63, 3.8) is 0 Å². The number of carbonyl (C=O) groups is 1. The number of hydrogen-bond acceptors (Lipinski definition) is 2. The van der Waals surface area contributed by atoms with Crippen LogP contribution in [0.15, 0.2) is 24.3 Å². The maximum atomic E-state index is 11.6. The minimum absolute atomic E-state index is 0.0937. The predicted molar refractivity (Wildman–Crippen MR) is 49.2 cm³/mol. The maximum absolute atomic E-state index is 11.6. The Morgan fingerprint density at radius 2 is 2.15 bits per heavy atom. The number of benzene rings is 1. The number of carbonyl (C=O) groups excluding carboxylic acids is 1. The van der Waals surface area contributed by atoms with Crippen LogP contribution in [0.25, 0.3) is 0 Å². The molecule has 1 aromatic carbocycles. The Morgan fingerprint density at radius 1 is 1.31 bits per heavy atom. The van der Waals surface area contributed by atoms with Gasteiger partial charge in [-0.05, 0) is 11.1 Å². The summed E-state index contributed by atoms with van der Waals surface area (Å²) in [5.74, 6) is 0.393. The van der Waals surface area contributed by atoms with Gasteiger partial charge in [0.1, 0.15) is 0 Å². The maximum Gasteiger partial charge on any atom is 0.155 e.